The Hall–Kier alpha value is -2.70. The molecule has 1 spiro atoms. The van der Waals surface area contributed by atoms with Gasteiger partial charge in [-0.15, -0.1) is 0 Å². The van der Waals surface area contributed by atoms with E-state index < -0.39 is 0 Å². The van der Waals surface area contributed by atoms with Crippen LogP contribution in [0.15, 0.2) is 36.9 Å². The molecule has 124 valence electrons. The SMILES string of the molecule is COc1cc(N2CC[C@]3(CC(=O)N(c4cccnc4)C3)C2)ncn1. The molecule has 7 nitrogen and oxygen atoms in total. The van der Waals surface area contributed by atoms with Crippen molar-refractivity contribution in [2.24, 2.45) is 5.41 Å². The molecular weight excluding hydrogens is 306 g/mol. The van der Waals surface area contributed by atoms with Gasteiger partial charge in [0.05, 0.1) is 19.0 Å². The molecule has 2 aromatic heterocycles. The summed E-state index contributed by atoms with van der Waals surface area (Å²) < 4.78 is 5.18. The highest BCUT2D eigenvalue weighted by molar-refractivity contribution is 5.96. The molecule has 0 bridgehead atoms. The molecule has 1 amide bonds. The smallest absolute Gasteiger partial charge is 0.227 e. The summed E-state index contributed by atoms with van der Waals surface area (Å²) in [4.78, 5) is 29.1. The minimum absolute atomic E-state index is 0.0227. The number of hydrogen-bond donors (Lipinski definition) is 0. The van der Waals surface area contributed by atoms with Crippen molar-refractivity contribution in [3.8, 4) is 5.88 Å². The minimum atomic E-state index is -0.0227. The van der Waals surface area contributed by atoms with Gasteiger partial charge in [0.1, 0.15) is 12.1 Å². The summed E-state index contributed by atoms with van der Waals surface area (Å²) in [5.74, 6) is 1.58. The number of hydrogen-bond acceptors (Lipinski definition) is 6. The van der Waals surface area contributed by atoms with Gasteiger partial charge in [0, 0.05) is 43.7 Å². The lowest BCUT2D eigenvalue weighted by Crippen LogP contribution is -2.31. The van der Waals surface area contributed by atoms with Crippen molar-refractivity contribution in [1.82, 2.24) is 15.0 Å². The molecule has 2 saturated heterocycles. The predicted octanol–water partition coefficient (Wildman–Crippen LogP) is 1.51. The topological polar surface area (TPSA) is 71.5 Å². The summed E-state index contributed by atoms with van der Waals surface area (Å²) in [5.41, 5.74) is 0.854. The van der Waals surface area contributed by atoms with Gasteiger partial charge in [-0.25, -0.2) is 9.97 Å². The average molecular weight is 325 g/mol. The molecule has 0 unspecified atom stereocenters. The largest absolute Gasteiger partial charge is 0.481 e. The van der Waals surface area contributed by atoms with Crippen molar-refractivity contribution in [2.45, 2.75) is 12.8 Å². The van der Waals surface area contributed by atoms with Gasteiger partial charge in [0.25, 0.3) is 0 Å². The van der Waals surface area contributed by atoms with Crippen LogP contribution in [0.1, 0.15) is 12.8 Å². The quantitative estimate of drug-likeness (QED) is 0.852. The Morgan fingerprint density at radius 3 is 3.00 bits per heavy atom. The highest BCUT2D eigenvalue weighted by atomic mass is 16.5. The van der Waals surface area contributed by atoms with E-state index in [4.69, 9.17) is 4.74 Å². The van der Waals surface area contributed by atoms with E-state index >= 15 is 0 Å². The number of carbonyl (C=O) groups is 1. The molecule has 2 aliphatic rings. The molecule has 4 heterocycles. The number of methoxy groups -OCH3 is 1. The first-order valence-corrected chi connectivity index (χ1v) is 8.01. The van der Waals surface area contributed by atoms with Gasteiger partial charge in [0.2, 0.25) is 11.8 Å². The van der Waals surface area contributed by atoms with Gasteiger partial charge in [-0.3, -0.25) is 9.78 Å². The lowest BCUT2D eigenvalue weighted by atomic mass is 9.86. The fourth-order valence-corrected chi connectivity index (χ4v) is 3.66. The number of anilines is 2. The number of pyridine rings is 1. The minimum Gasteiger partial charge on any atom is -0.481 e. The van der Waals surface area contributed by atoms with Crippen LogP contribution in [-0.4, -0.2) is 47.6 Å². The van der Waals surface area contributed by atoms with E-state index in [1.165, 1.54) is 6.33 Å². The zero-order chi connectivity index (χ0) is 16.6. The number of amides is 1. The lowest BCUT2D eigenvalue weighted by Gasteiger charge is -2.24. The maximum absolute atomic E-state index is 12.5. The number of nitrogens with zero attached hydrogens (tertiary/aromatic N) is 5. The van der Waals surface area contributed by atoms with Crippen molar-refractivity contribution >= 4 is 17.4 Å². The Morgan fingerprint density at radius 2 is 2.21 bits per heavy atom. The molecule has 0 saturated carbocycles. The third kappa shape index (κ3) is 2.55. The third-order valence-corrected chi connectivity index (χ3v) is 4.88. The monoisotopic (exact) mass is 325 g/mol. The molecule has 7 heteroatoms. The maximum atomic E-state index is 12.5. The van der Waals surface area contributed by atoms with Crippen molar-refractivity contribution in [1.29, 1.82) is 0 Å². The van der Waals surface area contributed by atoms with E-state index in [0.29, 0.717) is 12.3 Å². The highest BCUT2D eigenvalue weighted by Crippen LogP contribution is 2.42. The van der Waals surface area contributed by atoms with E-state index in [0.717, 1.165) is 37.6 Å². The lowest BCUT2D eigenvalue weighted by molar-refractivity contribution is -0.117. The Bertz CT molecular complexity index is 754. The van der Waals surface area contributed by atoms with E-state index in [-0.39, 0.29) is 11.3 Å². The maximum Gasteiger partial charge on any atom is 0.227 e. The van der Waals surface area contributed by atoms with Crippen LogP contribution in [0.4, 0.5) is 11.5 Å². The fraction of sp³-hybridized carbons (Fsp3) is 0.412. The van der Waals surface area contributed by atoms with E-state index in [2.05, 4.69) is 19.9 Å². The Labute approximate surface area is 140 Å². The van der Waals surface area contributed by atoms with Gasteiger partial charge in [-0.2, -0.15) is 0 Å². The van der Waals surface area contributed by atoms with Crippen LogP contribution in [0.2, 0.25) is 0 Å². The Morgan fingerprint density at radius 1 is 1.29 bits per heavy atom. The van der Waals surface area contributed by atoms with Crippen LogP contribution in [-0.2, 0) is 4.79 Å². The van der Waals surface area contributed by atoms with Crippen molar-refractivity contribution in [3.63, 3.8) is 0 Å². The first kappa shape index (κ1) is 14.9. The molecule has 0 radical (unpaired) electrons. The van der Waals surface area contributed by atoms with Crippen molar-refractivity contribution < 1.29 is 9.53 Å². The standard InChI is InChI=1S/C17H19N5O2/c1-24-15-7-14(19-12-20-15)21-6-4-17(10-21)8-16(23)22(11-17)13-3-2-5-18-9-13/h2-3,5,7,9,12H,4,6,8,10-11H2,1H3/t17-/m0/s1. The first-order chi connectivity index (χ1) is 11.7. The highest BCUT2D eigenvalue weighted by Gasteiger charge is 2.48. The third-order valence-electron chi connectivity index (χ3n) is 4.88. The van der Waals surface area contributed by atoms with Crippen LogP contribution < -0.4 is 14.5 Å². The summed E-state index contributed by atoms with van der Waals surface area (Å²) in [6, 6.07) is 5.64. The second-order valence-electron chi connectivity index (χ2n) is 6.46. The Balaban J connectivity index is 1.53. The zero-order valence-corrected chi connectivity index (χ0v) is 13.6. The molecular formula is C17H19N5O2. The number of rotatable bonds is 3. The molecule has 24 heavy (non-hydrogen) atoms. The first-order valence-electron chi connectivity index (χ1n) is 8.01. The van der Waals surface area contributed by atoms with Crippen LogP contribution in [0.25, 0.3) is 0 Å². The van der Waals surface area contributed by atoms with Crippen molar-refractivity contribution in [3.05, 3.63) is 36.9 Å². The van der Waals surface area contributed by atoms with Gasteiger partial charge < -0.3 is 14.5 Å². The normalized spacial score (nSPS) is 23.3. The summed E-state index contributed by atoms with van der Waals surface area (Å²) in [7, 11) is 1.60. The number of ether oxygens (including phenoxy) is 1. The Kier molecular flexibility index (Phi) is 3.55. The number of aromatic nitrogens is 3. The van der Waals surface area contributed by atoms with Crippen LogP contribution in [0, 0.1) is 5.41 Å². The molecule has 2 fully saturated rings. The van der Waals surface area contributed by atoms with Gasteiger partial charge >= 0.3 is 0 Å². The van der Waals surface area contributed by atoms with Gasteiger partial charge in [0.15, 0.2) is 0 Å². The van der Waals surface area contributed by atoms with E-state index in [1.807, 2.05) is 23.1 Å². The number of carbonyl (C=O) groups excluding carboxylic acids is 1. The molecule has 2 aromatic rings. The second-order valence-corrected chi connectivity index (χ2v) is 6.46. The van der Waals surface area contributed by atoms with Crippen LogP contribution in [0.5, 0.6) is 5.88 Å². The van der Waals surface area contributed by atoms with Crippen LogP contribution in [0.3, 0.4) is 0 Å². The molecule has 1 atom stereocenters. The fourth-order valence-electron chi connectivity index (χ4n) is 3.66. The summed E-state index contributed by atoms with van der Waals surface area (Å²) >= 11 is 0. The molecule has 0 aromatic carbocycles. The molecule has 4 rings (SSSR count). The predicted molar refractivity (Wildman–Crippen MR) is 89.1 cm³/mol. The van der Waals surface area contributed by atoms with Gasteiger partial charge in [-0.05, 0) is 18.6 Å². The molecule has 0 N–H and O–H groups in total. The average Bonchev–Trinajstić information content (AvgIpc) is 3.19. The molecule has 2 aliphatic heterocycles. The van der Waals surface area contributed by atoms with E-state index in [9.17, 15) is 4.79 Å². The molecule has 0 aliphatic carbocycles. The second kappa shape index (κ2) is 5.74. The zero-order valence-electron chi connectivity index (χ0n) is 13.6. The summed E-state index contributed by atoms with van der Waals surface area (Å²) in [6.07, 6.45) is 6.53. The van der Waals surface area contributed by atoms with Crippen molar-refractivity contribution in [2.75, 3.05) is 36.5 Å². The van der Waals surface area contributed by atoms with Crippen LogP contribution >= 0.6 is 0 Å². The van der Waals surface area contributed by atoms with Gasteiger partial charge in [-0.1, -0.05) is 0 Å². The summed E-state index contributed by atoms with van der Waals surface area (Å²) in [6.45, 7) is 2.43. The van der Waals surface area contributed by atoms with E-state index in [1.54, 1.807) is 19.5 Å². The summed E-state index contributed by atoms with van der Waals surface area (Å²) in [5, 5.41) is 0.